The first kappa shape index (κ1) is 8.80. The molecule has 70 valence electrons. The van der Waals surface area contributed by atoms with E-state index in [0.29, 0.717) is 0 Å². The van der Waals surface area contributed by atoms with E-state index in [4.69, 9.17) is 0 Å². The number of hydrogen-bond donors (Lipinski definition) is 0. The Balaban J connectivity index is 1.93. The molecule has 0 N–H and O–H groups in total. The van der Waals surface area contributed by atoms with Crippen molar-refractivity contribution in [2.75, 3.05) is 0 Å². The van der Waals surface area contributed by atoms with Gasteiger partial charge in [-0.3, -0.25) is 0 Å². The lowest BCUT2D eigenvalue weighted by Gasteiger charge is -2.03. The van der Waals surface area contributed by atoms with E-state index in [-0.39, 0.29) is 0 Å². The molecule has 2 rings (SSSR count). The van der Waals surface area contributed by atoms with Crippen molar-refractivity contribution in [3.63, 3.8) is 0 Å². The summed E-state index contributed by atoms with van der Waals surface area (Å²) in [6, 6.07) is 10.9. The summed E-state index contributed by atoms with van der Waals surface area (Å²) in [5.41, 5.74) is 1.55. The van der Waals surface area contributed by atoms with E-state index < -0.39 is 0 Å². The molecule has 0 spiro atoms. The second-order valence-electron chi connectivity index (χ2n) is 4.64. The highest BCUT2D eigenvalue weighted by Gasteiger charge is 2.37. The molecule has 0 unspecified atom stereocenters. The van der Waals surface area contributed by atoms with E-state index in [1.54, 1.807) is 5.56 Å². The third-order valence-electron chi connectivity index (χ3n) is 2.92. The molecule has 1 aromatic carbocycles. The van der Waals surface area contributed by atoms with Gasteiger partial charge in [0, 0.05) is 0 Å². The van der Waals surface area contributed by atoms with Crippen LogP contribution in [0.15, 0.2) is 30.3 Å². The third kappa shape index (κ3) is 2.12. The minimum absolute atomic E-state index is 0.860. The van der Waals surface area contributed by atoms with Crippen molar-refractivity contribution in [2.45, 2.75) is 32.6 Å². The van der Waals surface area contributed by atoms with Crippen molar-refractivity contribution in [2.24, 2.45) is 11.8 Å². The minimum atomic E-state index is 0.860. The molecule has 1 saturated carbocycles. The van der Waals surface area contributed by atoms with Gasteiger partial charge in [0.05, 0.1) is 0 Å². The van der Waals surface area contributed by atoms with Crippen LogP contribution in [-0.4, -0.2) is 0 Å². The molecule has 0 radical (unpaired) electrons. The van der Waals surface area contributed by atoms with Crippen molar-refractivity contribution in [3.05, 3.63) is 35.9 Å². The van der Waals surface area contributed by atoms with Gasteiger partial charge in [-0.25, -0.2) is 0 Å². The lowest BCUT2D eigenvalue weighted by atomic mass is 10.0. The highest BCUT2D eigenvalue weighted by molar-refractivity contribution is 5.25. The van der Waals surface area contributed by atoms with Crippen molar-refractivity contribution in [1.29, 1.82) is 0 Å². The molecule has 0 aliphatic heterocycles. The Hall–Kier alpha value is -0.780. The summed E-state index contributed by atoms with van der Waals surface area (Å²) in [5.74, 6) is 2.71. The van der Waals surface area contributed by atoms with Crippen LogP contribution in [0.3, 0.4) is 0 Å². The van der Waals surface area contributed by atoms with Crippen LogP contribution in [0.5, 0.6) is 0 Å². The Kier molecular flexibility index (Phi) is 2.39. The molecule has 0 amide bonds. The Labute approximate surface area is 81.0 Å². The van der Waals surface area contributed by atoms with Crippen LogP contribution in [0, 0.1) is 11.8 Å². The van der Waals surface area contributed by atoms with E-state index in [1.807, 2.05) is 0 Å². The average Bonchev–Trinajstić information content (AvgIpc) is 2.84. The maximum Gasteiger partial charge on any atom is -0.0130 e. The zero-order valence-corrected chi connectivity index (χ0v) is 8.53. The van der Waals surface area contributed by atoms with Crippen LogP contribution in [0.25, 0.3) is 0 Å². The molecule has 0 nitrogen and oxygen atoms in total. The summed E-state index contributed by atoms with van der Waals surface area (Å²) < 4.78 is 0. The van der Waals surface area contributed by atoms with Gasteiger partial charge in [0.15, 0.2) is 0 Å². The Bertz CT molecular complexity index is 261. The molecule has 2 atom stereocenters. The van der Waals surface area contributed by atoms with Gasteiger partial charge in [0.1, 0.15) is 0 Å². The SMILES string of the molecule is CC(C)C[C@@H]1C[C@H]1c1ccccc1. The van der Waals surface area contributed by atoms with Crippen molar-refractivity contribution < 1.29 is 0 Å². The first-order chi connectivity index (χ1) is 6.27. The number of hydrogen-bond acceptors (Lipinski definition) is 0. The maximum atomic E-state index is 2.32. The summed E-state index contributed by atoms with van der Waals surface area (Å²) in [7, 11) is 0. The molecule has 1 aliphatic rings. The van der Waals surface area contributed by atoms with Gasteiger partial charge in [-0.2, -0.15) is 0 Å². The average molecular weight is 174 g/mol. The predicted molar refractivity (Wildman–Crippen MR) is 56.7 cm³/mol. The highest BCUT2D eigenvalue weighted by atomic mass is 14.4. The molecule has 1 aromatic rings. The zero-order chi connectivity index (χ0) is 9.26. The largest absolute Gasteiger partial charge is 0.0628 e. The summed E-state index contributed by atoms with van der Waals surface area (Å²) in [5, 5.41) is 0. The van der Waals surface area contributed by atoms with Crippen LogP contribution in [0.1, 0.15) is 38.2 Å². The Morgan fingerprint density at radius 2 is 1.92 bits per heavy atom. The quantitative estimate of drug-likeness (QED) is 0.653. The first-order valence-corrected chi connectivity index (χ1v) is 5.32. The molecule has 0 bridgehead atoms. The van der Waals surface area contributed by atoms with Crippen LogP contribution < -0.4 is 0 Å². The van der Waals surface area contributed by atoms with E-state index in [9.17, 15) is 0 Å². The topological polar surface area (TPSA) is 0 Å². The molecule has 0 heteroatoms. The molecule has 1 fully saturated rings. The molecule has 0 saturated heterocycles. The molecule has 1 aliphatic carbocycles. The Morgan fingerprint density at radius 1 is 1.23 bits per heavy atom. The van der Waals surface area contributed by atoms with E-state index in [2.05, 4.69) is 44.2 Å². The van der Waals surface area contributed by atoms with E-state index in [0.717, 1.165) is 17.8 Å². The van der Waals surface area contributed by atoms with Gasteiger partial charge in [0.25, 0.3) is 0 Å². The summed E-state index contributed by atoms with van der Waals surface area (Å²) in [6.45, 7) is 4.64. The van der Waals surface area contributed by atoms with Crippen molar-refractivity contribution in [1.82, 2.24) is 0 Å². The van der Waals surface area contributed by atoms with Gasteiger partial charge < -0.3 is 0 Å². The number of benzene rings is 1. The van der Waals surface area contributed by atoms with Crippen molar-refractivity contribution >= 4 is 0 Å². The molecular weight excluding hydrogens is 156 g/mol. The highest BCUT2D eigenvalue weighted by Crippen LogP contribution is 2.50. The smallest absolute Gasteiger partial charge is 0.0130 e. The fourth-order valence-corrected chi connectivity index (χ4v) is 2.22. The van der Waals surface area contributed by atoms with Crippen molar-refractivity contribution in [3.8, 4) is 0 Å². The fourth-order valence-electron chi connectivity index (χ4n) is 2.22. The monoisotopic (exact) mass is 174 g/mol. The zero-order valence-electron chi connectivity index (χ0n) is 8.53. The minimum Gasteiger partial charge on any atom is -0.0628 e. The summed E-state index contributed by atoms with van der Waals surface area (Å²) in [4.78, 5) is 0. The van der Waals surface area contributed by atoms with Crippen LogP contribution >= 0.6 is 0 Å². The van der Waals surface area contributed by atoms with Gasteiger partial charge in [0.2, 0.25) is 0 Å². The molecule has 13 heavy (non-hydrogen) atoms. The van der Waals surface area contributed by atoms with Gasteiger partial charge >= 0.3 is 0 Å². The van der Waals surface area contributed by atoms with Gasteiger partial charge in [-0.1, -0.05) is 44.2 Å². The van der Waals surface area contributed by atoms with Gasteiger partial charge in [-0.05, 0) is 36.2 Å². The normalized spacial score (nSPS) is 26.4. The standard InChI is InChI=1S/C13H18/c1-10(2)8-12-9-13(12)11-6-4-3-5-7-11/h3-7,10,12-13H,8-9H2,1-2H3/t12-,13+/m1/s1. The molecule has 0 heterocycles. The molecular formula is C13H18. The van der Waals surface area contributed by atoms with E-state index >= 15 is 0 Å². The number of rotatable bonds is 3. The second-order valence-corrected chi connectivity index (χ2v) is 4.64. The van der Waals surface area contributed by atoms with Crippen LogP contribution in [0.2, 0.25) is 0 Å². The van der Waals surface area contributed by atoms with Crippen LogP contribution in [-0.2, 0) is 0 Å². The lowest BCUT2D eigenvalue weighted by molar-refractivity contribution is 0.532. The maximum absolute atomic E-state index is 2.32. The predicted octanol–water partition coefficient (Wildman–Crippen LogP) is 3.84. The lowest BCUT2D eigenvalue weighted by Crippen LogP contribution is -1.90. The van der Waals surface area contributed by atoms with Gasteiger partial charge in [-0.15, -0.1) is 0 Å². The second kappa shape index (κ2) is 3.53. The fraction of sp³-hybridized carbons (Fsp3) is 0.538. The Morgan fingerprint density at radius 3 is 2.54 bits per heavy atom. The summed E-state index contributed by atoms with van der Waals surface area (Å²) >= 11 is 0. The summed E-state index contributed by atoms with van der Waals surface area (Å²) in [6.07, 6.45) is 2.82. The molecule has 0 aromatic heterocycles. The first-order valence-electron chi connectivity index (χ1n) is 5.32. The van der Waals surface area contributed by atoms with E-state index in [1.165, 1.54) is 12.8 Å². The third-order valence-corrected chi connectivity index (χ3v) is 2.92. The van der Waals surface area contributed by atoms with Crippen LogP contribution in [0.4, 0.5) is 0 Å².